The van der Waals surface area contributed by atoms with Gasteiger partial charge in [-0.15, -0.1) is 0 Å². The molecule has 0 nitrogen and oxygen atoms in total. The van der Waals surface area contributed by atoms with Crippen molar-refractivity contribution < 1.29 is 0 Å². The fourth-order valence-corrected chi connectivity index (χ4v) is 1.17. The Morgan fingerprint density at radius 3 is 2.20 bits per heavy atom. The lowest BCUT2D eigenvalue weighted by molar-refractivity contribution is 0.512. The van der Waals surface area contributed by atoms with E-state index in [2.05, 4.69) is 39.0 Å². The minimum Gasteiger partial charge on any atom is -0.0839 e. The highest BCUT2D eigenvalue weighted by Crippen LogP contribution is 2.28. The minimum absolute atomic E-state index is 0.344. The number of hydrogen-bond donors (Lipinski definition) is 0. The second-order valence-electron chi connectivity index (χ2n) is 3.89. The van der Waals surface area contributed by atoms with Crippen LogP contribution in [-0.2, 0) is 0 Å². The first-order valence-electron chi connectivity index (χ1n) is 3.98. The summed E-state index contributed by atoms with van der Waals surface area (Å²) < 4.78 is 0. The maximum absolute atomic E-state index is 2.35. The van der Waals surface area contributed by atoms with Gasteiger partial charge in [-0.2, -0.15) is 0 Å². The average molecular weight is 136 g/mol. The molecule has 0 unspecified atom stereocenters. The zero-order chi connectivity index (χ0) is 7.61. The summed E-state index contributed by atoms with van der Waals surface area (Å²) in [7, 11) is 0. The zero-order valence-corrected chi connectivity index (χ0v) is 7.15. The van der Waals surface area contributed by atoms with Crippen LogP contribution in [-0.4, -0.2) is 0 Å². The molecule has 0 heterocycles. The molecule has 0 aromatic rings. The molecule has 0 radical (unpaired) electrons. The highest BCUT2D eigenvalue weighted by atomic mass is 14.2. The highest BCUT2D eigenvalue weighted by molar-refractivity contribution is 5.27. The van der Waals surface area contributed by atoms with E-state index in [9.17, 15) is 0 Å². The summed E-state index contributed by atoms with van der Waals surface area (Å²) in [5.41, 5.74) is 1.83. The third kappa shape index (κ3) is 1.73. The molecule has 0 saturated heterocycles. The van der Waals surface area contributed by atoms with Crippen molar-refractivity contribution in [3.63, 3.8) is 0 Å². The first kappa shape index (κ1) is 7.59. The summed E-state index contributed by atoms with van der Waals surface area (Å²) in [6.07, 6.45) is 9.31. The number of allylic oxidation sites excluding steroid dienone is 4. The van der Waals surface area contributed by atoms with Gasteiger partial charge in [0.1, 0.15) is 0 Å². The fraction of sp³-hybridized carbons (Fsp3) is 0.600. The first-order chi connectivity index (χ1) is 4.61. The van der Waals surface area contributed by atoms with Gasteiger partial charge in [-0.25, -0.2) is 0 Å². The van der Waals surface area contributed by atoms with E-state index in [1.807, 2.05) is 0 Å². The smallest absolute Gasteiger partial charge is 0.0135 e. The zero-order valence-electron chi connectivity index (χ0n) is 7.15. The summed E-state index contributed by atoms with van der Waals surface area (Å²) >= 11 is 0. The van der Waals surface area contributed by atoms with Crippen LogP contribution in [0, 0.1) is 5.41 Å². The minimum atomic E-state index is 0.344. The third-order valence-electron chi connectivity index (χ3n) is 1.86. The van der Waals surface area contributed by atoms with Gasteiger partial charge >= 0.3 is 0 Å². The Labute approximate surface area is 63.6 Å². The van der Waals surface area contributed by atoms with E-state index in [1.54, 1.807) is 0 Å². The van der Waals surface area contributed by atoms with E-state index in [1.165, 1.54) is 18.4 Å². The van der Waals surface area contributed by atoms with E-state index in [-0.39, 0.29) is 0 Å². The molecule has 0 aliphatic heterocycles. The summed E-state index contributed by atoms with van der Waals surface area (Å²) in [4.78, 5) is 0. The molecule has 0 bridgehead atoms. The Morgan fingerprint density at radius 1 is 1.20 bits per heavy atom. The van der Waals surface area contributed by atoms with E-state index < -0.39 is 0 Å². The van der Waals surface area contributed by atoms with Crippen LogP contribution >= 0.6 is 0 Å². The normalized spacial score (nSPS) is 18.9. The topological polar surface area (TPSA) is 0 Å². The molecule has 1 aliphatic rings. The quantitative estimate of drug-likeness (QED) is 0.479. The fourth-order valence-electron chi connectivity index (χ4n) is 1.17. The van der Waals surface area contributed by atoms with Crippen molar-refractivity contribution in [3.05, 3.63) is 23.8 Å². The van der Waals surface area contributed by atoms with Gasteiger partial charge in [-0.1, -0.05) is 39.0 Å². The van der Waals surface area contributed by atoms with E-state index in [4.69, 9.17) is 0 Å². The van der Waals surface area contributed by atoms with Gasteiger partial charge in [0.15, 0.2) is 0 Å². The van der Waals surface area contributed by atoms with Crippen molar-refractivity contribution in [1.29, 1.82) is 0 Å². The first-order valence-corrected chi connectivity index (χ1v) is 3.98. The number of hydrogen-bond acceptors (Lipinski definition) is 0. The maximum atomic E-state index is 2.35. The molecule has 0 heteroatoms. The van der Waals surface area contributed by atoms with Crippen LogP contribution < -0.4 is 0 Å². The van der Waals surface area contributed by atoms with Gasteiger partial charge in [0.2, 0.25) is 0 Å². The molecule has 56 valence electrons. The molecule has 0 N–H and O–H groups in total. The molecule has 0 aromatic carbocycles. The van der Waals surface area contributed by atoms with Gasteiger partial charge < -0.3 is 0 Å². The molecule has 1 rings (SSSR count). The second kappa shape index (κ2) is 2.61. The maximum Gasteiger partial charge on any atom is -0.0135 e. The van der Waals surface area contributed by atoms with Crippen LogP contribution in [0.5, 0.6) is 0 Å². The molecule has 0 saturated carbocycles. The predicted octanol–water partition coefficient (Wildman–Crippen LogP) is 3.31. The standard InChI is InChI=1S/C10H16/c1-10(2,3)9-7-5-4-6-8-9/h5,7-8H,4,6H2,1-3H3. The van der Waals surface area contributed by atoms with Crippen molar-refractivity contribution in [3.8, 4) is 0 Å². The van der Waals surface area contributed by atoms with Crippen molar-refractivity contribution in [1.82, 2.24) is 0 Å². The van der Waals surface area contributed by atoms with E-state index in [0.29, 0.717) is 5.41 Å². The molecule has 0 fully saturated rings. The average Bonchev–Trinajstić information content (AvgIpc) is 1.88. The van der Waals surface area contributed by atoms with Crippen LogP contribution in [0.1, 0.15) is 33.6 Å². The Morgan fingerprint density at radius 2 is 1.90 bits per heavy atom. The van der Waals surface area contributed by atoms with Gasteiger partial charge in [0, 0.05) is 0 Å². The van der Waals surface area contributed by atoms with Crippen LogP contribution in [0.4, 0.5) is 0 Å². The second-order valence-corrected chi connectivity index (χ2v) is 3.89. The lowest BCUT2D eigenvalue weighted by Gasteiger charge is -2.22. The summed E-state index contributed by atoms with van der Waals surface area (Å²) in [5.74, 6) is 0. The van der Waals surface area contributed by atoms with Gasteiger partial charge in [-0.05, 0) is 23.8 Å². The predicted molar refractivity (Wildman–Crippen MR) is 45.9 cm³/mol. The van der Waals surface area contributed by atoms with E-state index in [0.717, 1.165) is 0 Å². The lowest BCUT2D eigenvalue weighted by atomic mass is 9.84. The van der Waals surface area contributed by atoms with Crippen molar-refractivity contribution in [2.45, 2.75) is 33.6 Å². The molecule has 0 amide bonds. The lowest BCUT2D eigenvalue weighted by Crippen LogP contribution is -2.08. The molecule has 0 aromatic heterocycles. The largest absolute Gasteiger partial charge is 0.0839 e. The summed E-state index contributed by atoms with van der Waals surface area (Å²) in [5, 5.41) is 0. The summed E-state index contributed by atoms with van der Waals surface area (Å²) in [6.45, 7) is 6.78. The Kier molecular flexibility index (Phi) is 1.98. The van der Waals surface area contributed by atoms with Crippen molar-refractivity contribution >= 4 is 0 Å². The molecule has 10 heavy (non-hydrogen) atoms. The summed E-state index contributed by atoms with van der Waals surface area (Å²) in [6, 6.07) is 0. The van der Waals surface area contributed by atoms with Crippen LogP contribution in [0.25, 0.3) is 0 Å². The van der Waals surface area contributed by atoms with Crippen molar-refractivity contribution in [2.24, 2.45) is 5.41 Å². The SMILES string of the molecule is CC(C)(C)C1=CCCC=C1. The third-order valence-corrected chi connectivity index (χ3v) is 1.86. The highest BCUT2D eigenvalue weighted by Gasteiger charge is 2.14. The van der Waals surface area contributed by atoms with Gasteiger partial charge in [-0.3, -0.25) is 0 Å². The monoisotopic (exact) mass is 136 g/mol. The molecular formula is C10H16. The Balaban J connectivity index is 2.73. The van der Waals surface area contributed by atoms with Crippen molar-refractivity contribution in [2.75, 3.05) is 0 Å². The van der Waals surface area contributed by atoms with E-state index >= 15 is 0 Å². The molecule has 0 spiro atoms. The van der Waals surface area contributed by atoms with Gasteiger partial charge in [0.05, 0.1) is 0 Å². The molecule has 0 atom stereocenters. The van der Waals surface area contributed by atoms with Gasteiger partial charge in [0.25, 0.3) is 0 Å². The number of rotatable bonds is 0. The molecular weight excluding hydrogens is 120 g/mol. The van der Waals surface area contributed by atoms with Crippen LogP contribution in [0.2, 0.25) is 0 Å². The Hall–Kier alpha value is -0.520. The van der Waals surface area contributed by atoms with Crippen LogP contribution in [0.15, 0.2) is 23.8 Å². The van der Waals surface area contributed by atoms with Crippen LogP contribution in [0.3, 0.4) is 0 Å². The Bertz CT molecular complexity index is 165. The molecule has 1 aliphatic carbocycles.